The lowest BCUT2D eigenvalue weighted by Crippen LogP contribution is -2.32. The summed E-state index contributed by atoms with van der Waals surface area (Å²) >= 11 is 0. The maximum atomic E-state index is 12.5. The Morgan fingerprint density at radius 1 is 1.23 bits per heavy atom. The van der Waals surface area contributed by atoms with E-state index < -0.39 is 0 Å². The van der Waals surface area contributed by atoms with Crippen LogP contribution in [0.3, 0.4) is 0 Å². The summed E-state index contributed by atoms with van der Waals surface area (Å²) in [7, 11) is 1.63. The number of benzene rings is 1. The van der Waals surface area contributed by atoms with Gasteiger partial charge in [-0.2, -0.15) is 5.10 Å². The molecule has 2 rings (SSSR count). The first-order valence-electron chi connectivity index (χ1n) is 7.68. The van der Waals surface area contributed by atoms with Crippen molar-refractivity contribution in [3.63, 3.8) is 0 Å². The first-order valence-corrected chi connectivity index (χ1v) is 7.68. The molecule has 0 aliphatic carbocycles. The fraction of sp³-hybridized carbons (Fsp3) is 0.412. The molecule has 5 nitrogen and oxygen atoms in total. The average Bonchev–Trinajstić information content (AvgIpc) is 3.04. The van der Waals surface area contributed by atoms with Gasteiger partial charge in [-0.05, 0) is 31.0 Å². The number of carbonyl (C=O) groups excluding carboxylic acids is 1. The van der Waals surface area contributed by atoms with Gasteiger partial charge in [-0.3, -0.25) is 9.89 Å². The van der Waals surface area contributed by atoms with E-state index in [9.17, 15) is 4.79 Å². The molecular weight excluding hydrogens is 278 g/mol. The molecule has 0 unspecified atom stereocenters. The maximum Gasteiger partial charge on any atom is 0.271 e. The van der Waals surface area contributed by atoms with Crippen LogP contribution in [0.15, 0.2) is 30.3 Å². The first-order chi connectivity index (χ1) is 10.7. The molecule has 0 aliphatic heterocycles. The van der Waals surface area contributed by atoms with Gasteiger partial charge in [-0.1, -0.05) is 26.0 Å². The Balaban J connectivity index is 2.21. The number of nitrogens with zero attached hydrogens (tertiary/aromatic N) is 2. The van der Waals surface area contributed by atoms with Gasteiger partial charge in [0.25, 0.3) is 5.91 Å². The molecule has 0 aliphatic rings. The number of ether oxygens (including phenoxy) is 1. The molecule has 0 fully saturated rings. The van der Waals surface area contributed by atoms with E-state index in [1.54, 1.807) is 13.2 Å². The number of aromatic nitrogens is 2. The number of nitrogens with one attached hydrogen (secondary N) is 1. The van der Waals surface area contributed by atoms with Crippen molar-refractivity contribution in [3.05, 3.63) is 36.0 Å². The lowest BCUT2D eigenvalue weighted by atomic mass is 10.1. The van der Waals surface area contributed by atoms with E-state index in [1.807, 2.05) is 29.2 Å². The van der Waals surface area contributed by atoms with E-state index >= 15 is 0 Å². The number of amides is 1. The van der Waals surface area contributed by atoms with Crippen molar-refractivity contribution in [2.75, 3.05) is 20.2 Å². The highest BCUT2D eigenvalue weighted by molar-refractivity contribution is 5.93. The second-order valence-electron chi connectivity index (χ2n) is 5.19. The minimum Gasteiger partial charge on any atom is -0.497 e. The Morgan fingerprint density at radius 3 is 2.59 bits per heavy atom. The quantitative estimate of drug-likeness (QED) is 0.853. The summed E-state index contributed by atoms with van der Waals surface area (Å²) in [5.74, 6) is 0.775. The highest BCUT2D eigenvalue weighted by Gasteiger charge is 2.17. The molecule has 0 bridgehead atoms. The minimum absolute atomic E-state index is 0.00495. The number of hydrogen-bond donors (Lipinski definition) is 1. The minimum atomic E-state index is 0.00495. The van der Waals surface area contributed by atoms with Crippen molar-refractivity contribution in [2.24, 2.45) is 0 Å². The van der Waals surface area contributed by atoms with Crippen molar-refractivity contribution >= 4 is 5.91 Å². The third kappa shape index (κ3) is 3.67. The van der Waals surface area contributed by atoms with Crippen LogP contribution in [0.4, 0.5) is 0 Å². The molecule has 0 spiro atoms. The summed E-state index contributed by atoms with van der Waals surface area (Å²) in [6, 6.07) is 9.44. The highest BCUT2D eigenvalue weighted by atomic mass is 16.5. The summed E-state index contributed by atoms with van der Waals surface area (Å²) in [5, 5.41) is 7.11. The largest absolute Gasteiger partial charge is 0.497 e. The van der Waals surface area contributed by atoms with E-state index in [0.29, 0.717) is 5.69 Å². The van der Waals surface area contributed by atoms with Crippen LogP contribution in [-0.2, 0) is 0 Å². The molecular formula is C17H23N3O2. The molecule has 1 N–H and O–H groups in total. The SMILES string of the molecule is CCCN(CCC)C(=O)c1cc(-c2cccc(OC)c2)n[nH]1. The lowest BCUT2D eigenvalue weighted by molar-refractivity contribution is 0.0749. The van der Waals surface area contributed by atoms with Crippen molar-refractivity contribution in [3.8, 4) is 17.0 Å². The van der Waals surface area contributed by atoms with Crippen molar-refractivity contribution in [2.45, 2.75) is 26.7 Å². The van der Waals surface area contributed by atoms with Crippen LogP contribution in [0.1, 0.15) is 37.2 Å². The smallest absolute Gasteiger partial charge is 0.271 e. The van der Waals surface area contributed by atoms with E-state index in [-0.39, 0.29) is 5.91 Å². The molecule has 5 heteroatoms. The van der Waals surface area contributed by atoms with Crippen LogP contribution in [-0.4, -0.2) is 41.2 Å². The average molecular weight is 301 g/mol. The molecule has 1 heterocycles. The van der Waals surface area contributed by atoms with Gasteiger partial charge in [-0.15, -0.1) is 0 Å². The Bertz CT molecular complexity index is 616. The molecule has 0 saturated heterocycles. The monoisotopic (exact) mass is 301 g/mol. The highest BCUT2D eigenvalue weighted by Crippen LogP contribution is 2.23. The number of rotatable bonds is 7. The Labute approximate surface area is 131 Å². The van der Waals surface area contributed by atoms with Gasteiger partial charge in [0.1, 0.15) is 11.4 Å². The molecule has 1 aromatic heterocycles. The zero-order valence-electron chi connectivity index (χ0n) is 13.4. The van der Waals surface area contributed by atoms with Crippen LogP contribution in [0.2, 0.25) is 0 Å². The van der Waals surface area contributed by atoms with Crippen LogP contribution in [0.25, 0.3) is 11.3 Å². The van der Waals surface area contributed by atoms with E-state index in [4.69, 9.17) is 4.74 Å². The van der Waals surface area contributed by atoms with Crippen LogP contribution < -0.4 is 4.74 Å². The van der Waals surface area contributed by atoms with Gasteiger partial charge >= 0.3 is 0 Å². The summed E-state index contributed by atoms with van der Waals surface area (Å²) in [6.45, 7) is 5.68. The summed E-state index contributed by atoms with van der Waals surface area (Å²) < 4.78 is 5.22. The lowest BCUT2D eigenvalue weighted by Gasteiger charge is -2.20. The van der Waals surface area contributed by atoms with Gasteiger partial charge in [0.05, 0.1) is 12.8 Å². The predicted molar refractivity (Wildman–Crippen MR) is 87.1 cm³/mol. The second kappa shape index (κ2) is 7.64. The van der Waals surface area contributed by atoms with E-state index in [2.05, 4.69) is 24.0 Å². The van der Waals surface area contributed by atoms with Crippen LogP contribution in [0, 0.1) is 0 Å². The predicted octanol–water partition coefficient (Wildman–Crippen LogP) is 3.35. The molecule has 118 valence electrons. The maximum absolute atomic E-state index is 12.5. The Morgan fingerprint density at radius 2 is 1.95 bits per heavy atom. The van der Waals surface area contributed by atoms with Crippen molar-refractivity contribution in [1.82, 2.24) is 15.1 Å². The number of aromatic amines is 1. The molecule has 1 amide bonds. The van der Waals surface area contributed by atoms with Crippen molar-refractivity contribution in [1.29, 1.82) is 0 Å². The van der Waals surface area contributed by atoms with Gasteiger partial charge in [0.15, 0.2) is 0 Å². The molecule has 0 atom stereocenters. The summed E-state index contributed by atoms with van der Waals surface area (Å²) in [5.41, 5.74) is 2.20. The van der Waals surface area contributed by atoms with Crippen LogP contribution in [0.5, 0.6) is 5.75 Å². The van der Waals surface area contributed by atoms with Gasteiger partial charge in [-0.25, -0.2) is 0 Å². The second-order valence-corrected chi connectivity index (χ2v) is 5.19. The molecule has 0 saturated carbocycles. The number of hydrogen-bond acceptors (Lipinski definition) is 3. The Kier molecular flexibility index (Phi) is 5.58. The molecule has 22 heavy (non-hydrogen) atoms. The molecule has 2 aromatic rings. The zero-order chi connectivity index (χ0) is 15.9. The zero-order valence-corrected chi connectivity index (χ0v) is 13.4. The van der Waals surface area contributed by atoms with Gasteiger partial charge < -0.3 is 9.64 Å². The summed E-state index contributed by atoms with van der Waals surface area (Å²) in [6.07, 6.45) is 1.89. The van der Waals surface area contributed by atoms with Gasteiger partial charge in [0.2, 0.25) is 0 Å². The Hall–Kier alpha value is -2.30. The summed E-state index contributed by atoms with van der Waals surface area (Å²) in [4.78, 5) is 14.4. The van der Waals surface area contributed by atoms with Crippen molar-refractivity contribution < 1.29 is 9.53 Å². The fourth-order valence-electron chi connectivity index (χ4n) is 2.39. The third-order valence-electron chi connectivity index (χ3n) is 3.45. The van der Waals surface area contributed by atoms with Crippen LogP contribution >= 0.6 is 0 Å². The normalized spacial score (nSPS) is 10.5. The number of H-pyrrole nitrogens is 1. The number of carbonyl (C=O) groups is 1. The standard InChI is InChI=1S/C17H23N3O2/c1-4-9-20(10-5-2)17(21)16-12-15(18-19-16)13-7-6-8-14(11-13)22-3/h6-8,11-12H,4-5,9-10H2,1-3H3,(H,18,19). The van der Waals surface area contributed by atoms with E-state index in [0.717, 1.165) is 42.9 Å². The topological polar surface area (TPSA) is 58.2 Å². The first kappa shape index (κ1) is 16.1. The van der Waals surface area contributed by atoms with Gasteiger partial charge in [0, 0.05) is 18.7 Å². The third-order valence-corrected chi connectivity index (χ3v) is 3.45. The number of methoxy groups -OCH3 is 1. The van der Waals surface area contributed by atoms with E-state index in [1.165, 1.54) is 0 Å². The fourth-order valence-corrected chi connectivity index (χ4v) is 2.39. The molecule has 1 aromatic carbocycles. The molecule has 0 radical (unpaired) electrons.